The van der Waals surface area contributed by atoms with E-state index in [2.05, 4.69) is 26.6 Å². The van der Waals surface area contributed by atoms with Gasteiger partial charge < -0.3 is 42.2 Å². The van der Waals surface area contributed by atoms with E-state index >= 15 is 0 Å². The molecule has 266 valence electrons. The number of amides is 6. The summed E-state index contributed by atoms with van der Waals surface area (Å²) in [6.07, 6.45) is 3.40. The van der Waals surface area contributed by atoms with Gasteiger partial charge in [0, 0.05) is 0 Å². The summed E-state index contributed by atoms with van der Waals surface area (Å²) in [6, 6.07) is -4.84. The maximum Gasteiger partial charge on any atom is 0.407 e. The van der Waals surface area contributed by atoms with Gasteiger partial charge in [-0.25, -0.2) is 4.79 Å². The van der Waals surface area contributed by atoms with Gasteiger partial charge in [-0.05, 0) is 43.4 Å². The zero-order chi connectivity index (χ0) is 35.7. The van der Waals surface area contributed by atoms with Crippen LogP contribution in [0.1, 0.15) is 92.4 Å². The highest BCUT2D eigenvalue weighted by atomic mass is 16.5. The highest BCUT2D eigenvalue weighted by molar-refractivity contribution is 6.38. The molecule has 16 heteroatoms. The Morgan fingerprint density at radius 1 is 0.809 bits per heavy atom. The standard InChI is InChI=1S/C31H52N6O10/c1-6-10-20(26(41)30(45)33-15-23(38)34-21(27(32)42)14-24(39)40)35-28(43)22(13-17(2)3)36-29(44)25(19-11-8-7-9-12-19)37-31(46)47-16-18(4)5/h17-22,25H,6-16H2,1-5H3,(H2,32,42)(H,33,45)(H,34,38)(H,35,43)(H,36,44)(H,37,46)(H,39,40)/t20?,21-,22-,25-/m0/s1. The number of nitrogens with two attached hydrogens (primary N) is 1. The molecule has 4 atom stereocenters. The molecule has 0 spiro atoms. The summed E-state index contributed by atoms with van der Waals surface area (Å²) in [5.74, 6) is -7.06. The van der Waals surface area contributed by atoms with E-state index in [1.165, 1.54) is 0 Å². The lowest BCUT2D eigenvalue weighted by Crippen LogP contribution is -2.58. The SMILES string of the molecule is CCCC(NC(=O)[C@H](CC(C)C)NC(=O)[C@@H](NC(=O)OCC(C)C)C1CCCCC1)C(=O)C(=O)NCC(=O)N[C@@H](CC(=O)O)C(N)=O. The Morgan fingerprint density at radius 2 is 1.43 bits per heavy atom. The minimum atomic E-state index is -1.52. The summed E-state index contributed by atoms with van der Waals surface area (Å²) in [5.41, 5.74) is 5.09. The molecule has 1 aliphatic rings. The Balaban J connectivity index is 3.00. The molecule has 0 aliphatic heterocycles. The van der Waals surface area contributed by atoms with Crippen LogP contribution in [0.5, 0.6) is 0 Å². The maximum atomic E-state index is 13.6. The Hall–Kier alpha value is -4.24. The second-order valence-electron chi connectivity index (χ2n) is 12.7. The zero-order valence-electron chi connectivity index (χ0n) is 28.0. The number of primary amides is 1. The normalized spacial score (nSPS) is 15.8. The van der Waals surface area contributed by atoms with Gasteiger partial charge in [-0.2, -0.15) is 0 Å². The van der Waals surface area contributed by atoms with Crippen molar-refractivity contribution >= 4 is 47.4 Å². The first-order valence-electron chi connectivity index (χ1n) is 16.2. The molecular weight excluding hydrogens is 616 g/mol. The summed E-state index contributed by atoms with van der Waals surface area (Å²) >= 11 is 0. The number of carboxylic acid groups (broad SMARTS) is 1. The van der Waals surface area contributed by atoms with Crippen molar-refractivity contribution in [2.45, 2.75) is 117 Å². The molecule has 0 heterocycles. The fourth-order valence-corrected chi connectivity index (χ4v) is 5.12. The molecule has 0 aromatic heterocycles. The van der Waals surface area contributed by atoms with Crippen LogP contribution in [0.15, 0.2) is 0 Å². The van der Waals surface area contributed by atoms with Crippen LogP contribution in [0.25, 0.3) is 0 Å². The number of hydrogen-bond donors (Lipinski definition) is 7. The van der Waals surface area contributed by atoms with Crippen molar-refractivity contribution in [1.29, 1.82) is 0 Å². The van der Waals surface area contributed by atoms with Gasteiger partial charge in [0.05, 0.1) is 25.6 Å². The quantitative estimate of drug-likeness (QED) is 0.0872. The smallest absolute Gasteiger partial charge is 0.407 e. The van der Waals surface area contributed by atoms with Gasteiger partial charge in [0.2, 0.25) is 29.4 Å². The number of ketones is 1. The summed E-state index contributed by atoms with van der Waals surface area (Å²) in [7, 11) is 0. The highest BCUT2D eigenvalue weighted by Crippen LogP contribution is 2.27. The van der Waals surface area contributed by atoms with Crippen molar-refractivity contribution in [3.63, 3.8) is 0 Å². The third-order valence-corrected chi connectivity index (χ3v) is 7.47. The molecule has 1 rings (SSSR count). The van der Waals surface area contributed by atoms with Crippen LogP contribution in [0.3, 0.4) is 0 Å². The number of rotatable bonds is 20. The van der Waals surface area contributed by atoms with Crippen LogP contribution >= 0.6 is 0 Å². The van der Waals surface area contributed by atoms with Crippen LogP contribution in [-0.4, -0.2) is 89.8 Å². The second kappa shape index (κ2) is 20.8. The van der Waals surface area contributed by atoms with Crippen LogP contribution in [0.2, 0.25) is 0 Å². The molecule has 47 heavy (non-hydrogen) atoms. The predicted octanol–water partition coefficient (Wildman–Crippen LogP) is 0.263. The van der Waals surface area contributed by atoms with Gasteiger partial charge in [0.15, 0.2) is 0 Å². The van der Waals surface area contributed by atoms with Crippen LogP contribution in [0.4, 0.5) is 4.79 Å². The zero-order valence-corrected chi connectivity index (χ0v) is 28.0. The molecule has 8 N–H and O–H groups in total. The summed E-state index contributed by atoms with van der Waals surface area (Å²) in [4.78, 5) is 99.7. The first kappa shape index (κ1) is 40.8. The monoisotopic (exact) mass is 668 g/mol. The fraction of sp³-hybridized carbons (Fsp3) is 0.742. The molecule has 16 nitrogen and oxygen atoms in total. The number of hydrogen-bond acceptors (Lipinski definition) is 9. The predicted molar refractivity (Wildman–Crippen MR) is 169 cm³/mol. The van der Waals surface area contributed by atoms with E-state index in [4.69, 9.17) is 15.6 Å². The van der Waals surface area contributed by atoms with Crippen molar-refractivity contribution in [2.75, 3.05) is 13.2 Å². The Labute approximate surface area is 275 Å². The van der Waals surface area contributed by atoms with Crippen molar-refractivity contribution in [3.05, 3.63) is 0 Å². The van der Waals surface area contributed by atoms with Gasteiger partial charge in [0.25, 0.3) is 5.91 Å². The first-order chi connectivity index (χ1) is 22.0. The van der Waals surface area contributed by atoms with Gasteiger partial charge >= 0.3 is 12.1 Å². The first-order valence-corrected chi connectivity index (χ1v) is 16.2. The maximum absolute atomic E-state index is 13.6. The minimum absolute atomic E-state index is 0.0596. The van der Waals surface area contributed by atoms with E-state index in [0.717, 1.165) is 19.3 Å². The molecule has 0 aromatic carbocycles. The largest absolute Gasteiger partial charge is 0.481 e. The van der Waals surface area contributed by atoms with E-state index < -0.39 is 84.5 Å². The second-order valence-corrected chi connectivity index (χ2v) is 12.7. The third kappa shape index (κ3) is 15.7. The summed E-state index contributed by atoms with van der Waals surface area (Å²) in [5, 5.41) is 21.0. The van der Waals surface area contributed by atoms with Crippen molar-refractivity contribution in [3.8, 4) is 0 Å². The lowest BCUT2D eigenvalue weighted by atomic mass is 9.83. The van der Waals surface area contributed by atoms with Crippen LogP contribution in [-0.2, 0) is 38.3 Å². The van der Waals surface area contributed by atoms with Gasteiger partial charge in [0.1, 0.15) is 18.1 Å². The van der Waals surface area contributed by atoms with E-state index in [-0.39, 0.29) is 37.2 Å². The van der Waals surface area contributed by atoms with Crippen molar-refractivity contribution in [2.24, 2.45) is 23.5 Å². The van der Waals surface area contributed by atoms with Gasteiger partial charge in [-0.1, -0.05) is 60.3 Å². The molecule has 1 unspecified atom stereocenters. The van der Waals surface area contributed by atoms with E-state index in [1.807, 2.05) is 27.7 Å². The average molecular weight is 669 g/mol. The molecule has 1 saturated carbocycles. The number of carbonyl (C=O) groups is 8. The number of carboxylic acids is 1. The number of ether oxygens (including phenoxy) is 1. The Kier molecular flexibility index (Phi) is 18.0. The average Bonchev–Trinajstić information content (AvgIpc) is 2.99. The molecule has 1 fully saturated rings. The van der Waals surface area contributed by atoms with Gasteiger partial charge in [-0.15, -0.1) is 0 Å². The summed E-state index contributed by atoms with van der Waals surface area (Å²) in [6.45, 7) is 8.61. The molecule has 0 aromatic rings. The lowest BCUT2D eigenvalue weighted by Gasteiger charge is -2.31. The van der Waals surface area contributed by atoms with E-state index in [9.17, 15) is 38.4 Å². The van der Waals surface area contributed by atoms with Crippen molar-refractivity contribution < 1.29 is 48.2 Å². The molecule has 0 bridgehead atoms. The Morgan fingerprint density at radius 3 is 1.96 bits per heavy atom. The molecule has 1 aliphatic carbocycles. The molecule has 0 saturated heterocycles. The number of nitrogens with one attached hydrogen (secondary N) is 5. The summed E-state index contributed by atoms with van der Waals surface area (Å²) < 4.78 is 5.25. The lowest BCUT2D eigenvalue weighted by molar-refractivity contribution is -0.141. The van der Waals surface area contributed by atoms with Crippen molar-refractivity contribution in [1.82, 2.24) is 26.6 Å². The molecule has 6 amide bonds. The van der Waals surface area contributed by atoms with Gasteiger partial charge in [-0.3, -0.25) is 33.6 Å². The number of Topliss-reactive ketones (excluding diaryl/α,β-unsaturated/α-hetero) is 1. The molecule has 0 radical (unpaired) electrons. The van der Waals surface area contributed by atoms with Crippen LogP contribution in [0, 0.1) is 17.8 Å². The number of carbonyl (C=O) groups excluding carboxylic acids is 7. The third-order valence-electron chi connectivity index (χ3n) is 7.47. The van der Waals surface area contributed by atoms with E-state index in [1.54, 1.807) is 6.92 Å². The highest BCUT2D eigenvalue weighted by Gasteiger charge is 2.35. The number of alkyl carbamates (subject to hydrolysis) is 1. The number of aliphatic carboxylic acids is 1. The Bertz CT molecular complexity index is 1120. The topological polar surface area (TPSA) is 252 Å². The van der Waals surface area contributed by atoms with Crippen LogP contribution < -0.4 is 32.3 Å². The minimum Gasteiger partial charge on any atom is -0.481 e. The molecular formula is C31H52N6O10. The fourth-order valence-electron chi connectivity index (χ4n) is 5.12. The van der Waals surface area contributed by atoms with E-state index in [0.29, 0.717) is 19.3 Å².